The van der Waals surface area contributed by atoms with E-state index in [1.54, 1.807) is 0 Å². The third-order valence-electron chi connectivity index (χ3n) is 4.12. The van der Waals surface area contributed by atoms with Crippen molar-refractivity contribution in [2.75, 3.05) is 13.7 Å². The molecule has 0 aromatic rings. The molecule has 0 aromatic carbocycles. The molecule has 0 bridgehead atoms. The minimum absolute atomic E-state index is 0.233. The zero-order chi connectivity index (χ0) is 11.1. The van der Waals surface area contributed by atoms with Crippen LogP contribution in [-0.2, 0) is 0 Å². The highest BCUT2D eigenvalue weighted by Crippen LogP contribution is 2.34. The lowest BCUT2D eigenvalue weighted by molar-refractivity contribution is 0.197. The van der Waals surface area contributed by atoms with Crippen LogP contribution >= 0.6 is 0 Å². The van der Waals surface area contributed by atoms with E-state index in [-0.39, 0.29) is 5.54 Å². The summed E-state index contributed by atoms with van der Waals surface area (Å²) in [4.78, 5) is 0. The SMILES string of the molecule is CCCC1CCCC(CCO)(NC)CC1. The Morgan fingerprint density at radius 2 is 2.13 bits per heavy atom. The molecular weight excluding hydrogens is 186 g/mol. The van der Waals surface area contributed by atoms with E-state index in [9.17, 15) is 0 Å². The lowest BCUT2D eigenvalue weighted by Gasteiger charge is -2.32. The number of nitrogens with one attached hydrogen (secondary N) is 1. The second kappa shape index (κ2) is 6.49. The molecule has 2 atom stereocenters. The zero-order valence-electron chi connectivity index (χ0n) is 10.4. The first-order valence-electron chi connectivity index (χ1n) is 6.56. The molecular formula is C13H27NO. The smallest absolute Gasteiger partial charge is 0.0448 e. The molecule has 0 spiro atoms. The van der Waals surface area contributed by atoms with Gasteiger partial charge >= 0.3 is 0 Å². The first-order valence-corrected chi connectivity index (χ1v) is 6.56. The summed E-state index contributed by atoms with van der Waals surface area (Å²) in [5.74, 6) is 0.934. The third-order valence-corrected chi connectivity index (χ3v) is 4.12. The fourth-order valence-corrected chi connectivity index (χ4v) is 3.01. The summed E-state index contributed by atoms with van der Waals surface area (Å²) >= 11 is 0. The van der Waals surface area contributed by atoms with Crippen LogP contribution < -0.4 is 5.32 Å². The molecule has 2 heteroatoms. The van der Waals surface area contributed by atoms with E-state index >= 15 is 0 Å². The maximum absolute atomic E-state index is 9.14. The molecule has 1 aliphatic rings. The molecule has 0 saturated heterocycles. The van der Waals surface area contributed by atoms with Crippen molar-refractivity contribution in [1.29, 1.82) is 0 Å². The summed E-state index contributed by atoms with van der Waals surface area (Å²) in [5.41, 5.74) is 0.233. The van der Waals surface area contributed by atoms with Crippen molar-refractivity contribution < 1.29 is 5.11 Å². The normalized spacial score (nSPS) is 32.6. The first kappa shape index (κ1) is 13.0. The molecule has 1 rings (SSSR count). The Kier molecular flexibility index (Phi) is 5.62. The average Bonchev–Trinajstić information content (AvgIpc) is 2.44. The van der Waals surface area contributed by atoms with Gasteiger partial charge < -0.3 is 10.4 Å². The zero-order valence-corrected chi connectivity index (χ0v) is 10.4. The highest BCUT2D eigenvalue weighted by Gasteiger charge is 2.30. The number of hydrogen-bond donors (Lipinski definition) is 2. The molecule has 0 aliphatic heterocycles. The Morgan fingerprint density at radius 3 is 2.73 bits per heavy atom. The topological polar surface area (TPSA) is 32.3 Å². The standard InChI is InChI=1S/C13H27NO/c1-3-5-12-6-4-8-13(14-2,9-7-12)10-11-15/h12,14-15H,3-11H2,1-2H3. The van der Waals surface area contributed by atoms with Gasteiger partial charge in [-0.2, -0.15) is 0 Å². The minimum atomic E-state index is 0.233. The van der Waals surface area contributed by atoms with Crippen LogP contribution in [0.2, 0.25) is 0 Å². The van der Waals surface area contributed by atoms with E-state index in [4.69, 9.17) is 5.11 Å². The predicted octanol–water partition coefficient (Wildman–Crippen LogP) is 2.71. The van der Waals surface area contributed by atoms with Crippen LogP contribution in [0.4, 0.5) is 0 Å². The van der Waals surface area contributed by atoms with Crippen LogP contribution in [0.15, 0.2) is 0 Å². The third kappa shape index (κ3) is 3.76. The molecule has 15 heavy (non-hydrogen) atoms. The Hall–Kier alpha value is -0.0800. The van der Waals surface area contributed by atoms with Crippen molar-refractivity contribution in [1.82, 2.24) is 5.32 Å². The van der Waals surface area contributed by atoms with Crippen LogP contribution in [0, 0.1) is 5.92 Å². The van der Waals surface area contributed by atoms with Gasteiger partial charge in [0.25, 0.3) is 0 Å². The second-order valence-corrected chi connectivity index (χ2v) is 5.09. The molecule has 1 saturated carbocycles. The maximum atomic E-state index is 9.14. The van der Waals surface area contributed by atoms with Crippen molar-refractivity contribution in [3.8, 4) is 0 Å². The van der Waals surface area contributed by atoms with Gasteiger partial charge in [0.2, 0.25) is 0 Å². The Balaban J connectivity index is 2.48. The Labute approximate surface area is 94.5 Å². The molecule has 0 aromatic heterocycles. The van der Waals surface area contributed by atoms with Crippen molar-refractivity contribution in [2.24, 2.45) is 5.92 Å². The molecule has 90 valence electrons. The van der Waals surface area contributed by atoms with Gasteiger partial charge in [0, 0.05) is 12.1 Å². The van der Waals surface area contributed by atoms with Gasteiger partial charge in [0.15, 0.2) is 0 Å². The van der Waals surface area contributed by atoms with Crippen LogP contribution in [0.3, 0.4) is 0 Å². The van der Waals surface area contributed by atoms with Crippen LogP contribution in [-0.4, -0.2) is 24.3 Å². The van der Waals surface area contributed by atoms with Crippen molar-refractivity contribution in [3.63, 3.8) is 0 Å². The molecule has 1 aliphatic carbocycles. The fourth-order valence-electron chi connectivity index (χ4n) is 3.01. The fraction of sp³-hybridized carbons (Fsp3) is 1.00. The summed E-state index contributed by atoms with van der Waals surface area (Å²) in [6, 6.07) is 0. The molecule has 2 N–H and O–H groups in total. The summed E-state index contributed by atoms with van der Waals surface area (Å²) in [7, 11) is 2.05. The molecule has 1 fully saturated rings. The number of rotatable bonds is 5. The largest absolute Gasteiger partial charge is 0.396 e. The van der Waals surface area contributed by atoms with Crippen LogP contribution in [0.25, 0.3) is 0 Å². The maximum Gasteiger partial charge on any atom is 0.0448 e. The molecule has 2 unspecified atom stereocenters. The summed E-state index contributed by atoms with van der Waals surface area (Å²) in [6.45, 7) is 2.60. The quantitative estimate of drug-likeness (QED) is 0.688. The van der Waals surface area contributed by atoms with Gasteiger partial charge in [-0.15, -0.1) is 0 Å². The van der Waals surface area contributed by atoms with Gasteiger partial charge in [-0.1, -0.05) is 32.6 Å². The molecule has 0 heterocycles. The van der Waals surface area contributed by atoms with E-state index in [0.29, 0.717) is 6.61 Å². The van der Waals surface area contributed by atoms with Gasteiger partial charge in [0.05, 0.1) is 0 Å². The van der Waals surface area contributed by atoms with Crippen LogP contribution in [0.5, 0.6) is 0 Å². The van der Waals surface area contributed by atoms with Crippen molar-refractivity contribution >= 4 is 0 Å². The molecule has 2 nitrogen and oxygen atoms in total. The highest BCUT2D eigenvalue weighted by molar-refractivity contribution is 4.89. The van der Waals surface area contributed by atoms with E-state index in [1.807, 2.05) is 0 Å². The van der Waals surface area contributed by atoms with E-state index in [0.717, 1.165) is 12.3 Å². The van der Waals surface area contributed by atoms with E-state index in [1.165, 1.54) is 44.9 Å². The monoisotopic (exact) mass is 213 g/mol. The Morgan fingerprint density at radius 1 is 1.33 bits per heavy atom. The number of hydrogen-bond acceptors (Lipinski definition) is 2. The molecule has 0 amide bonds. The summed E-state index contributed by atoms with van der Waals surface area (Å²) in [5, 5.41) is 12.6. The minimum Gasteiger partial charge on any atom is -0.396 e. The predicted molar refractivity (Wildman–Crippen MR) is 65.0 cm³/mol. The molecule has 0 radical (unpaired) electrons. The van der Waals surface area contributed by atoms with Crippen molar-refractivity contribution in [2.45, 2.75) is 63.8 Å². The first-order chi connectivity index (χ1) is 7.26. The summed E-state index contributed by atoms with van der Waals surface area (Å²) < 4.78 is 0. The highest BCUT2D eigenvalue weighted by atomic mass is 16.3. The van der Waals surface area contributed by atoms with Gasteiger partial charge in [-0.25, -0.2) is 0 Å². The van der Waals surface area contributed by atoms with Gasteiger partial charge in [-0.05, 0) is 38.6 Å². The Bertz CT molecular complexity index is 172. The average molecular weight is 213 g/mol. The lowest BCUT2D eigenvalue weighted by Crippen LogP contribution is -2.43. The van der Waals surface area contributed by atoms with Gasteiger partial charge in [-0.3, -0.25) is 0 Å². The number of aliphatic hydroxyl groups is 1. The number of aliphatic hydroxyl groups excluding tert-OH is 1. The van der Waals surface area contributed by atoms with E-state index < -0.39 is 0 Å². The van der Waals surface area contributed by atoms with Crippen molar-refractivity contribution in [3.05, 3.63) is 0 Å². The van der Waals surface area contributed by atoms with E-state index in [2.05, 4.69) is 19.3 Å². The lowest BCUT2D eigenvalue weighted by atomic mass is 9.86. The van der Waals surface area contributed by atoms with Gasteiger partial charge in [0.1, 0.15) is 0 Å². The summed E-state index contributed by atoms with van der Waals surface area (Å²) in [6.07, 6.45) is 10.2. The van der Waals surface area contributed by atoms with Crippen LogP contribution in [0.1, 0.15) is 58.3 Å². The second-order valence-electron chi connectivity index (χ2n) is 5.09.